The predicted octanol–water partition coefficient (Wildman–Crippen LogP) is 7.96. The third kappa shape index (κ3) is 4.25. The van der Waals surface area contributed by atoms with Crippen molar-refractivity contribution in [2.24, 2.45) is 0 Å². The fourth-order valence-electron chi connectivity index (χ4n) is 5.49. The Morgan fingerprint density at radius 1 is 0.528 bits per heavy atom. The topological polar surface area (TPSA) is 48.6 Å². The molecule has 2 atom stereocenters. The number of aromatic amines is 2. The number of carbonyl (C=O) groups is 1. The van der Waals surface area contributed by atoms with E-state index in [1.165, 1.54) is 33.0 Å². The van der Waals surface area contributed by atoms with E-state index in [-0.39, 0.29) is 17.6 Å². The quantitative estimate of drug-likeness (QED) is 0.234. The highest BCUT2D eigenvalue weighted by molar-refractivity contribution is 5.88. The summed E-state index contributed by atoms with van der Waals surface area (Å²) in [4.78, 5) is 20.7. The molecular weight excluding hydrogens is 440 g/mol. The van der Waals surface area contributed by atoms with Crippen LogP contribution in [0.1, 0.15) is 46.9 Å². The van der Waals surface area contributed by atoms with Gasteiger partial charge in [-0.1, -0.05) is 97.1 Å². The van der Waals surface area contributed by atoms with Crippen molar-refractivity contribution in [1.82, 2.24) is 9.97 Å². The van der Waals surface area contributed by atoms with Gasteiger partial charge < -0.3 is 9.97 Å². The fourth-order valence-corrected chi connectivity index (χ4v) is 5.49. The molecule has 2 N–H and O–H groups in total. The molecule has 0 saturated heterocycles. The number of Topliss-reactive ketones (excluding diaryl/α,β-unsaturated/α-hetero) is 1. The molecule has 36 heavy (non-hydrogen) atoms. The third-order valence-corrected chi connectivity index (χ3v) is 7.26. The lowest BCUT2D eigenvalue weighted by molar-refractivity contribution is -0.119. The van der Waals surface area contributed by atoms with Crippen molar-refractivity contribution in [2.75, 3.05) is 0 Å². The number of H-pyrrole nitrogens is 2. The molecule has 2 unspecified atom stereocenters. The molecule has 0 fully saturated rings. The molecule has 0 bridgehead atoms. The van der Waals surface area contributed by atoms with Crippen molar-refractivity contribution < 1.29 is 4.79 Å². The normalized spacial score (nSPS) is 13.1. The van der Waals surface area contributed by atoms with Crippen LogP contribution in [-0.2, 0) is 4.79 Å². The van der Waals surface area contributed by atoms with Crippen LogP contribution in [0.25, 0.3) is 21.8 Å². The predicted molar refractivity (Wildman–Crippen MR) is 147 cm³/mol. The van der Waals surface area contributed by atoms with Gasteiger partial charge in [0.05, 0.1) is 0 Å². The Morgan fingerprint density at radius 3 is 1.36 bits per heavy atom. The summed E-state index contributed by atoms with van der Waals surface area (Å²) in [5.41, 5.74) is 6.88. The maximum absolute atomic E-state index is 13.9. The number of nitrogens with one attached hydrogen (secondary N) is 2. The first-order valence-electron chi connectivity index (χ1n) is 12.5. The first-order chi connectivity index (χ1) is 17.8. The number of rotatable bonds is 8. The fraction of sp³-hybridized carbons (Fsp3) is 0.121. The number of benzene rings is 4. The molecule has 2 aromatic heterocycles. The first-order valence-corrected chi connectivity index (χ1v) is 12.5. The Morgan fingerprint density at radius 2 is 0.917 bits per heavy atom. The van der Waals surface area contributed by atoms with Crippen LogP contribution < -0.4 is 0 Å². The highest BCUT2D eigenvalue weighted by atomic mass is 16.1. The van der Waals surface area contributed by atoms with Crippen LogP contribution in [0.3, 0.4) is 0 Å². The van der Waals surface area contributed by atoms with E-state index >= 15 is 0 Å². The molecule has 4 aromatic carbocycles. The maximum Gasteiger partial charge on any atom is 0.134 e. The SMILES string of the molecule is O=C(CC(c1ccccc1)c1c[nH]c2ccccc12)CC(c1ccccc1)c1c[nH]c2ccccc12. The number of ketones is 1. The van der Waals surface area contributed by atoms with Gasteiger partial charge >= 0.3 is 0 Å². The summed E-state index contributed by atoms with van der Waals surface area (Å²) in [5, 5.41) is 2.35. The second-order valence-electron chi connectivity index (χ2n) is 9.45. The van der Waals surface area contributed by atoms with E-state index in [0.717, 1.165) is 11.0 Å². The van der Waals surface area contributed by atoms with Gasteiger partial charge in [0.1, 0.15) is 5.78 Å². The van der Waals surface area contributed by atoms with Crippen LogP contribution in [0.2, 0.25) is 0 Å². The Labute approximate surface area is 210 Å². The summed E-state index contributed by atoms with van der Waals surface area (Å²) >= 11 is 0. The van der Waals surface area contributed by atoms with Crippen molar-refractivity contribution in [3.8, 4) is 0 Å². The molecule has 0 saturated carbocycles. The Hall–Kier alpha value is -4.37. The Balaban J connectivity index is 1.36. The molecule has 176 valence electrons. The number of fused-ring (bicyclic) bond motifs is 2. The zero-order valence-corrected chi connectivity index (χ0v) is 20.0. The zero-order valence-electron chi connectivity index (χ0n) is 20.0. The number of para-hydroxylation sites is 2. The number of carbonyl (C=O) groups excluding carboxylic acids is 1. The molecule has 0 spiro atoms. The van der Waals surface area contributed by atoms with Crippen LogP contribution in [0.15, 0.2) is 122 Å². The number of hydrogen-bond acceptors (Lipinski definition) is 1. The lowest BCUT2D eigenvalue weighted by atomic mass is 9.82. The van der Waals surface area contributed by atoms with E-state index in [1.807, 2.05) is 24.3 Å². The Kier molecular flexibility index (Phi) is 5.96. The van der Waals surface area contributed by atoms with Crippen LogP contribution in [0.5, 0.6) is 0 Å². The van der Waals surface area contributed by atoms with Gasteiger partial charge in [-0.15, -0.1) is 0 Å². The lowest BCUT2D eigenvalue weighted by Gasteiger charge is -2.20. The van der Waals surface area contributed by atoms with Crippen LogP contribution in [-0.4, -0.2) is 15.8 Å². The standard InChI is InChI=1S/C33H28N2O/c36-25(19-28(23-11-3-1-4-12-23)30-21-34-32-17-9-7-15-26(30)32)20-29(24-13-5-2-6-14-24)31-22-35-33-18-10-8-16-27(31)33/h1-18,21-22,28-29,34-35H,19-20H2. The first kappa shape index (κ1) is 22.1. The highest BCUT2D eigenvalue weighted by Gasteiger charge is 2.25. The zero-order chi connectivity index (χ0) is 24.3. The van der Waals surface area contributed by atoms with Crippen molar-refractivity contribution >= 4 is 27.6 Å². The smallest absolute Gasteiger partial charge is 0.134 e. The van der Waals surface area contributed by atoms with Gasteiger partial charge in [0.15, 0.2) is 0 Å². The summed E-state index contributed by atoms with van der Waals surface area (Å²) in [7, 11) is 0. The van der Waals surface area contributed by atoms with Gasteiger partial charge in [0.2, 0.25) is 0 Å². The van der Waals surface area contributed by atoms with E-state index < -0.39 is 0 Å². The summed E-state index contributed by atoms with van der Waals surface area (Å²) in [5.74, 6) is 0.247. The molecule has 6 rings (SSSR count). The van der Waals surface area contributed by atoms with Crippen molar-refractivity contribution in [3.63, 3.8) is 0 Å². The third-order valence-electron chi connectivity index (χ3n) is 7.26. The van der Waals surface area contributed by atoms with Crippen LogP contribution >= 0.6 is 0 Å². The second-order valence-corrected chi connectivity index (χ2v) is 9.45. The second kappa shape index (κ2) is 9.71. The van der Waals surface area contributed by atoms with Gasteiger partial charge in [-0.25, -0.2) is 0 Å². The molecule has 0 amide bonds. The maximum atomic E-state index is 13.9. The number of hydrogen-bond donors (Lipinski definition) is 2. The average Bonchev–Trinajstić information content (AvgIpc) is 3.56. The molecule has 0 aliphatic heterocycles. The summed E-state index contributed by atoms with van der Waals surface area (Å²) < 4.78 is 0. The molecule has 3 nitrogen and oxygen atoms in total. The number of aromatic nitrogens is 2. The average molecular weight is 469 g/mol. The minimum atomic E-state index is -0.00533. The van der Waals surface area contributed by atoms with E-state index in [0.29, 0.717) is 12.8 Å². The highest BCUT2D eigenvalue weighted by Crippen LogP contribution is 2.37. The molecule has 2 heterocycles. The van der Waals surface area contributed by atoms with E-state index in [1.54, 1.807) is 0 Å². The molecule has 0 aliphatic rings. The molecule has 0 aliphatic carbocycles. The van der Waals surface area contributed by atoms with Gasteiger partial charge in [0, 0.05) is 58.9 Å². The van der Waals surface area contributed by atoms with E-state index in [9.17, 15) is 4.79 Å². The van der Waals surface area contributed by atoms with Gasteiger partial charge in [0.25, 0.3) is 0 Å². The molecule has 3 heteroatoms. The summed E-state index contributed by atoms with van der Waals surface area (Å²) in [6.45, 7) is 0. The minimum absolute atomic E-state index is 0.00533. The van der Waals surface area contributed by atoms with Gasteiger partial charge in [-0.3, -0.25) is 4.79 Å². The van der Waals surface area contributed by atoms with Gasteiger partial charge in [-0.2, -0.15) is 0 Å². The molecular formula is C33H28N2O. The van der Waals surface area contributed by atoms with Crippen LogP contribution in [0, 0.1) is 0 Å². The van der Waals surface area contributed by atoms with Crippen molar-refractivity contribution in [2.45, 2.75) is 24.7 Å². The van der Waals surface area contributed by atoms with Crippen molar-refractivity contribution in [3.05, 3.63) is 144 Å². The van der Waals surface area contributed by atoms with Crippen LogP contribution in [0.4, 0.5) is 0 Å². The van der Waals surface area contributed by atoms with E-state index in [4.69, 9.17) is 0 Å². The monoisotopic (exact) mass is 468 g/mol. The summed E-state index contributed by atoms with van der Waals surface area (Å²) in [6.07, 6.45) is 5.06. The Bertz CT molecular complexity index is 1490. The molecule has 6 aromatic rings. The minimum Gasteiger partial charge on any atom is -0.361 e. The molecule has 0 radical (unpaired) electrons. The van der Waals surface area contributed by atoms with Gasteiger partial charge in [-0.05, 0) is 34.4 Å². The van der Waals surface area contributed by atoms with E-state index in [2.05, 4.69) is 107 Å². The summed E-state index contributed by atoms with van der Waals surface area (Å²) in [6, 6.07) is 37.5. The largest absolute Gasteiger partial charge is 0.361 e. The lowest BCUT2D eigenvalue weighted by Crippen LogP contribution is -2.13. The van der Waals surface area contributed by atoms with Crippen molar-refractivity contribution in [1.29, 1.82) is 0 Å².